The van der Waals surface area contributed by atoms with Crippen molar-refractivity contribution in [2.75, 3.05) is 0 Å². The van der Waals surface area contributed by atoms with Crippen LogP contribution in [0.15, 0.2) is 22.7 Å². The predicted octanol–water partition coefficient (Wildman–Crippen LogP) is 3.14. The molecule has 2 rings (SSSR count). The van der Waals surface area contributed by atoms with Crippen LogP contribution in [0.2, 0.25) is 5.02 Å². The minimum absolute atomic E-state index is 0.165. The van der Waals surface area contributed by atoms with E-state index in [2.05, 4.69) is 21.2 Å². The summed E-state index contributed by atoms with van der Waals surface area (Å²) < 4.78 is 0.695. The van der Waals surface area contributed by atoms with E-state index in [9.17, 15) is 9.90 Å². The Morgan fingerprint density at radius 1 is 1.39 bits per heavy atom. The number of aliphatic hydroxyl groups excluding tert-OH is 1. The first kappa shape index (κ1) is 13.8. The van der Waals surface area contributed by atoms with Gasteiger partial charge in [-0.2, -0.15) is 0 Å². The van der Waals surface area contributed by atoms with E-state index >= 15 is 0 Å². The number of rotatable bonds is 2. The van der Waals surface area contributed by atoms with Crippen molar-refractivity contribution in [2.24, 2.45) is 0 Å². The number of hydrogen-bond donors (Lipinski definition) is 2. The molecule has 1 aliphatic carbocycles. The first-order valence-corrected chi connectivity index (χ1v) is 7.19. The first-order valence-electron chi connectivity index (χ1n) is 6.02. The monoisotopic (exact) mass is 331 g/mol. The molecule has 1 fully saturated rings. The van der Waals surface area contributed by atoms with Crippen LogP contribution in [0.25, 0.3) is 0 Å². The van der Waals surface area contributed by atoms with Crippen molar-refractivity contribution in [3.63, 3.8) is 0 Å². The van der Waals surface area contributed by atoms with Crippen molar-refractivity contribution >= 4 is 33.4 Å². The highest BCUT2D eigenvalue weighted by molar-refractivity contribution is 9.10. The zero-order valence-corrected chi connectivity index (χ0v) is 12.2. The van der Waals surface area contributed by atoms with Crippen LogP contribution in [0.3, 0.4) is 0 Å². The average molecular weight is 333 g/mol. The third-order valence-electron chi connectivity index (χ3n) is 3.24. The SMILES string of the molecule is O=C(NC1CCCCC1O)c1cccc(Br)c1Cl. The largest absolute Gasteiger partial charge is 0.391 e. The summed E-state index contributed by atoms with van der Waals surface area (Å²) >= 11 is 9.36. The van der Waals surface area contributed by atoms with Crippen molar-refractivity contribution in [1.82, 2.24) is 5.32 Å². The standard InChI is InChI=1S/C13H15BrClNO2/c14-9-5-3-4-8(12(9)15)13(18)16-10-6-1-2-7-11(10)17/h3-5,10-11,17H,1-2,6-7H2,(H,16,18). The van der Waals surface area contributed by atoms with Gasteiger partial charge in [0.05, 0.1) is 22.7 Å². The molecule has 0 bridgehead atoms. The molecule has 98 valence electrons. The van der Waals surface area contributed by atoms with Crippen LogP contribution in [0.4, 0.5) is 0 Å². The molecule has 0 spiro atoms. The summed E-state index contributed by atoms with van der Waals surface area (Å²) in [5, 5.41) is 13.1. The Hall–Kier alpha value is -0.580. The second-order valence-electron chi connectivity index (χ2n) is 4.53. The number of halogens is 2. The van der Waals surface area contributed by atoms with Crippen molar-refractivity contribution < 1.29 is 9.90 Å². The number of aliphatic hydroxyl groups is 1. The van der Waals surface area contributed by atoms with Crippen LogP contribution < -0.4 is 5.32 Å². The van der Waals surface area contributed by atoms with Crippen LogP contribution >= 0.6 is 27.5 Å². The lowest BCUT2D eigenvalue weighted by atomic mass is 9.92. The summed E-state index contributed by atoms with van der Waals surface area (Å²) in [7, 11) is 0. The summed E-state index contributed by atoms with van der Waals surface area (Å²) in [6.07, 6.45) is 3.17. The molecule has 5 heteroatoms. The van der Waals surface area contributed by atoms with E-state index in [4.69, 9.17) is 11.6 Å². The summed E-state index contributed by atoms with van der Waals surface area (Å²) in [5.74, 6) is -0.229. The molecule has 1 aromatic carbocycles. The fraction of sp³-hybridized carbons (Fsp3) is 0.462. The molecule has 2 N–H and O–H groups in total. The van der Waals surface area contributed by atoms with Crippen LogP contribution in [-0.2, 0) is 0 Å². The second-order valence-corrected chi connectivity index (χ2v) is 5.77. The van der Waals surface area contributed by atoms with Gasteiger partial charge in [0.2, 0.25) is 0 Å². The maximum atomic E-state index is 12.1. The molecule has 3 nitrogen and oxygen atoms in total. The smallest absolute Gasteiger partial charge is 0.253 e. The molecular weight excluding hydrogens is 318 g/mol. The molecule has 1 saturated carbocycles. The van der Waals surface area contributed by atoms with E-state index < -0.39 is 6.10 Å². The minimum Gasteiger partial charge on any atom is -0.391 e. The van der Waals surface area contributed by atoms with E-state index in [-0.39, 0.29) is 11.9 Å². The first-order chi connectivity index (χ1) is 8.59. The number of nitrogens with one attached hydrogen (secondary N) is 1. The van der Waals surface area contributed by atoms with Crippen LogP contribution in [0.5, 0.6) is 0 Å². The van der Waals surface area contributed by atoms with Gasteiger partial charge in [-0.25, -0.2) is 0 Å². The molecule has 18 heavy (non-hydrogen) atoms. The molecule has 1 aromatic rings. The summed E-state index contributed by atoms with van der Waals surface area (Å²) in [6.45, 7) is 0. The number of carbonyl (C=O) groups excluding carboxylic acids is 1. The Kier molecular flexibility index (Phi) is 4.65. The van der Waals surface area contributed by atoms with E-state index in [1.807, 2.05) is 0 Å². The van der Waals surface area contributed by atoms with Gasteiger partial charge in [-0.15, -0.1) is 0 Å². The Morgan fingerprint density at radius 3 is 2.83 bits per heavy atom. The Labute approximate surface area is 120 Å². The number of benzene rings is 1. The van der Waals surface area contributed by atoms with E-state index in [0.29, 0.717) is 15.1 Å². The lowest BCUT2D eigenvalue weighted by Crippen LogP contribution is -2.45. The fourth-order valence-corrected chi connectivity index (χ4v) is 2.78. The second kappa shape index (κ2) is 6.04. The van der Waals surface area contributed by atoms with E-state index in [1.165, 1.54) is 0 Å². The summed E-state index contributed by atoms with van der Waals surface area (Å²) in [5.41, 5.74) is 0.434. The molecule has 2 unspecified atom stereocenters. The van der Waals surface area contributed by atoms with Crippen LogP contribution in [-0.4, -0.2) is 23.2 Å². The van der Waals surface area contributed by atoms with E-state index in [1.54, 1.807) is 18.2 Å². The van der Waals surface area contributed by atoms with Gasteiger partial charge in [-0.1, -0.05) is 30.5 Å². The molecule has 0 aromatic heterocycles. The van der Waals surface area contributed by atoms with Gasteiger partial charge in [0.1, 0.15) is 0 Å². The maximum Gasteiger partial charge on any atom is 0.253 e. The zero-order valence-electron chi connectivity index (χ0n) is 9.83. The maximum absolute atomic E-state index is 12.1. The molecule has 0 heterocycles. The van der Waals surface area contributed by atoms with Crippen molar-refractivity contribution in [3.05, 3.63) is 33.3 Å². The fourth-order valence-electron chi connectivity index (χ4n) is 2.20. The normalized spacial score (nSPS) is 23.7. The summed E-state index contributed by atoms with van der Waals surface area (Å²) in [4.78, 5) is 12.1. The molecular formula is C13H15BrClNO2. The van der Waals surface area contributed by atoms with Gasteiger partial charge < -0.3 is 10.4 Å². The van der Waals surface area contributed by atoms with Crippen molar-refractivity contribution in [3.8, 4) is 0 Å². The molecule has 0 radical (unpaired) electrons. The van der Waals surface area contributed by atoms with Crippen molar-refractivity contribution in [1.29, 1.82) is 0 Å². The Morgan fingerprint density at radius 2 is 2.11 bits per heavy atom. The van der Waals surface area contributed by atoms with Gasteiger partial charge in [0, 0.05) is 4.47 Å². The lowest BCUT2D eigenvalue weighted by molar-refractivity contribution is 0.0717. The lowest BCUT2D eigenvalue weighted by Gasteiger charge is -2.28. The van der Waals surface area contributed by atoms with Crippen LogP contribution in [0, 0.1) is 0 Å². The Bertz CT molecular complexity index is 453. The Balaban J connectivity index is 2.09. The topological polar surface area (TPSA) is 49.3 Å². The minimum atomic E-state index is -0.450. The van der Waals surface area contributed by atoms with Gasteiger partial charge in [-0.3, -0.25) is 4.79 Å². The van der Waals surface area contributed by atoms with Gasteiger partial charge >= 0.3 is 0 Å². The molecule has 1 amide bonds. The van der Waals surface area contributed by atoms with Gasteiger partial charge in [0.25, 0.3) is 5.91 Å². The highest BCUT2D eigenvalue weighted by Gasteiger charge is 2.25. The third kappa shape index (κ3) is 3.05. The molecule has 0 saturated heterocycles. The summed E-state index contributed by atoms with van der Waals surface area (Å²) in [6, 6.07) is 5.07. The molecule has 2 atom stereocenters. The van der Waals surface area contributed by atoms with Gasteiger partial charge in [0.15, 0.2) is 0 Å². The zero-order chi connectivity index (χ0) is 13.1. The number of hydrogen-bond acceptors (Lipinski definition) is 2. The third-order valence-corrected chi connectivity index (χ3v) is 4.54. The van der Waals surface area contributed by atoms with Crippen LogP contribution in [0.1, 0.15) is 36.0 Å². The quantitative estimate of drug-likeness (QED) is 0.874. The van der Waals surface area contributed by atoms with E-state index in [0.717, 1.165) is 25.7 Å². The van der Waals surface area contributed by atoms with Gasteiger partial charge in [-0.05, 0) is 40.9 Å². The predicted molar refractivity (Wildman–Crippen MR) is 74.9 cm³/mol. The number of amides is 1. The average Bonchev–Trinajstić information content (AvgIpc) is 2.35. The van der Waals surface area contributed by atoms with Crippen molar-refractivity contribution in [2.45, 2.75) is 37.8 Å². The highest BCUT2D eigenvalue weighted by Crippen LogP contribution is 2.26. The molecule has 0 aliphatic heterocycles. The molecule has 1 aliphatic rings. The number of carbonyl (C=O) groups is 1. The highest BCUT2D eigenvalue weighted by atomic mass is 79.9.